The molecule has 10 heteroatoms. The fraction of sp³-hybridized carbons (Fsp3) is 0.348. The fourth-order valence-electron chi connectivity index (χ4n) is 3.96. The van der Waals surface area contributed by atoms with Gasteiger partial charge in [0.2, 0.25) is 5.89 Å². The quantitative estimate of drug-likeness (QED) is 0.407. The average molecular weight is 467 g/mol. The first-order chi connectivity index (χ1) is 16.0. The van der Waals surface area contributed by atoms with E-state index < -0.39 is 5.97 Å². The summed E-state index contributed by atoms with van der Waals surface area (Å²) in [5, 5.41) is 8.46. The Labute approximate surface area is 193 Å². The summed E-state index contributed by atoms with van der Waals surface area (Å²) in [7, 11) is 1.59. The highest BCUT2D eigenvalue weighted by Gasteiger charge is 2.23. The number of nitrogens with zero attached hydrogens (tertiary/aromatic N) is 4. The summed E-state index contributed by atoms with van der Waals surface area (Å²) in [5.74, 6) is 1.47. The van der Waals surface area contributed by atoms with E-state index in [9.17, 15) is 9.59 Å². The molecule has 1 aliphatic rings. The van der Waals surface area contributed by atoms with Crippen LogP contribution in [-0.2, 0) is 24.3 Å². The van der Waals surface area contributed by atoms with Crippen molar-refractivity contribution in [3.05, 3.63) is 56.8 Å². The Hall–Kier alpha value is -3.53. The topological polar surface area (TPSA) is 109 Å². The predicted molar refractivity (Wildman–Crippen MR) is 122 cm³/mol. The molecule has 0 amide bonds. The van der Waals surface area contributed by atoms with Gasteiger partial charge in [0.1, 0.15) is 21.3 Å². The molecule has 33 heavy (non-hydrogen) atoms. The lowest BCUT2D eigenvalue weighted by molar-refractivity contribution is 0.0444. The van der Waals surface area contributed by atoms with Crippen molar-refractivity contribution in [2.45, 2.75) is 45.8 Å². The first kappa shape index (κ1) is 21.3. The van der Waals surface area contributed by atoms with Gasteiger partial charge in [0, 0.05) is 18.5 Å². The number of esters is 1. The molecule has 170 valence electrons. The maximum absolute atomic E-state index is 13.1. The van der Waals surface area contributed by atoms with Crippen molar-refractivity contribution < 1.29 is 18.7 Å². The summed E-state index contributed by atoms with van der Waals surface area (Å²) in [6.07, 6.45) is 3.83. The summed E-state index contributed by atoms with van der Waals surface area (Å²) in [6.45, 7) is 2.26. The Balaban J connectivity index is 1.34. The Morgan fingerprint density at radius 3 is 2.79 bits per heavy atom. The number of thiophene rings is 1. The van der Waals surface area contributed by atoms with Crippen LogP contribution in [0, 0.1) is 6.92 Å². The molecule has 0 spiro atoms. The van der Waals surface area contributed by atoms with Crippen LogP contribution in [-0.4, -0.2) is 32.8 Å². The second kappa shape index (κ2) is 8.78. The molecule has 1 aromatic carbocycles. The number of carbonyl (C=O) groups is 1. The van der Waals surface area contributed by atoms with Crippen molar-refractivity contribution in [3.63, 3.8) is 0 Å². The van der Waals surface area contributed by atoms with E-state index >= 15 is 0 Å². The number of methoxy groups -OCH3 is 1. The molecule has 0 unspecified atom stereocenters. The Bertz CT molecular complexity index is 1390. The SMILES string of the molecule is COc1ccc(-c2nnc(COC(=O)c3sc4nc5n(c(=O)c4c3C)CCCCC5)o2)cc1. The summed E-state index contributed by atoms with van der Waals surface area (Å²) < 4.78 is 17.9. The standard InChI is InChI=1S/C23H22N4O5S/c1-13-18-21(24-16-6-4-3-5-11-27(16)22(18)28)33-19(13)23(29)31-12-17-25-26-20(32-17)14-7-9-15(30-2)10-8-14/h7-10H,3-6,11-12H2,1-2H3. The van der Waals surface area contributed by atoms with E-state index in [4.69, 9.17) is 18.9 Å². The largest absolute Gasteiger partial charge is 0.497 e. The number of carbonyl (C=O) groups excluding carboxylic acids is 1. The van der Waals surface area contributed by atoms with E-state index in [1.54, 1.807) is 42.9 Å². The van der Waals surface area contributed by atoms with E-state index in [1.807, 2.05) is 0 Å². The fourth-order valence-corrected chi connectivity index (χ4v) is 5.04. The number of aromatic nitrogens is 4. The summed E-state index contributed by atoms with van der Waals surface area (Å²) in [4.78, 5) is 31.5. The van der Waals surface area contributed by atoms with Gasteiger partial charge in [-0.3, -0.25) is 9.36 Å². The van der Waals surface area contributed by atoms with Gasteiger partial charge in [0.05, 0.1) is 12.5 Å². The number of ether oxygens (including phenoxy) is 2. The highest BCUT2D eigenvalue weighted by molar-refractivity contribution is 7.20. The van der Waals surface area contributed by atoms with Crippen molar-refractivity contribution in [1.82, 2.24) is 19.7 Å². The van der Waals surface area contributed by atoms with Crippen molar-refractivity contribution in [2.75, 3.05) is 7.11 Å². The lowest BCUT2D eigenvalue weighted by Gasteiger charge is -2.08. The van der Waals surface area contributed by atoms with Gasteiger partial charge in [0.15, 0.2) is 6.61 Å². The maximum atomic E-state index is 13.1. The van der Waals surface area contributed by atoms with Crippen LogP contribution >= 0.6 is 11.3 Å². The van der Waals surface area contributed by atoms with Crippen LogP contribution in [0.15, 0.2) is 33.5 Å². The minimum atomic E-state index is -0.542. The third kappa shape index (κ3) is 4.02. The van der Waals surface area contributed by atoms with E-state index in [0.717, 1.165) is 42.8 Å². The van der Waals surface area contributed by atoms with Crippen LogP contribution in [0.5, 0.6) is 5.75 Å². The molecule has 0 radical (unpaired) electrons. The van der Waals surface area contributed by atoms with Gasteiger partial charge in [-0.25, -0.2) is 9.78 Å². The molecule has 0 N–H and O–H groups in total. The average Bonchev–Trinajstić information content (AvgIpc) is 3.35. The van der Waals surface area contributed by atoms with E-state index in [0.29, 0.717) is 33.1 Å². The Morgan fingerprint density at radius 1 is 1.18 bits per heavy atom. The van der Waals surface area contributed by atoms with E-state index in [2.05, 4.69) is 10.2 Å². The van der Waals surface area contributed by atoms with Gasteiger partial charge in [-0.2, -0.15) is 0 Å². The number of benzene rings is 1. The molecule has 0 bridgehead atoms. The van der Waals surface area contributed by atoms with Crippen LogP contribution in [0.2, 0.25) is 0 Å². The zero-order valence-electron chi connectivity index (χ0n) is 18.3. The monoisotopic (exact) mass is 466 g/mol. The van der Waals surface area contributed by atoms with E-state index in [1.165, 1.54) is 11.3 Å². The highest BCUT2D eigenvalue weighted by Crippen LogP contribution is 2.29. The number of fused-ring (bicyclic) bond motifs is 2. The maximum Gasteiger partial charge on any atom is 0.349 e. The van der Waals surface area contributed by atoms with Gasteiger partial charge in [-0.05, 0) is 49.6 Å². The van der Waals surface area contributed by atoms with Gasteiger partial charge < -0.3 is 13.9 Å². The van der Waals surface area contributed by atoms with E-state index in [-0.39, 0.29) is 18.1 Å². The van der Waals surface area contributed by atoms with Gasteiger partial charge >= 0.3 is 5.97 Å². The van der Waals surface area contributed by atoms with Crippen LogP contribution in [0.4, 0.5) is 0 Å². The minimum absolute atomic E-state index is 0.0780. The molecular formula is C23H22N4O5S. The van der Waals surface area contributed by atoms with Gasteiger partial charge in [-0.1, -0.05) is 6.42 Å². The molecule has 0 saturated carbocycles. The zero-order valence-corrected chi connectivity index (χ0v) is 19.1. The molecule has 9 nitrogen and oxygen atoms in total. The second-order valence-electron chi connectivity index (χ2n) is 7.84. The molecule has 0 atom stereocenters. The zero-order chi connectivity index (χ0) is 22.9. The molecule has 5 rings (SSSR count). The first-order valence-corrected chi connectivity index (χ1v) is 11.5. The summed E-state index contributed by atoms with van der Waals surface area (Å²) in [6, 6.07) is 7.19. The van der Waals surface area contributed by atoms with Gasteiger partial charge in [0.25, 0.3) is 11.4 Å². The summed E-state index contributed by atoms with van der Waals surface area (Å²) >= 11 is 1.19. The van der Waals surface area contributed by atoms with Crippen LogP contribution in [0.25, 0.3) is 21.7 Å². The highest BCUT2D eigenvalue weighted by atomic mass is 32.1. The molecule has 0 saturated heterocycles. The van der Waals surface area contributed by atoms with Crippen LogP contribution < -0.4 is 10.3 Å². The molecular weight excluding hydrogens is 444 g/mol. The summed E-state index contributed by atoms with van der Waals surface area (Å²) in [5.41, 5.74) is 1.25. The van der Waals surface area contributed by atoms with Crippen molar-refractivity contribution in [3.8, 4) is 17.2 Å². The minimum Gasteiger partial charge on any atom is -0.497 e. The van der Waals surface area contributed by atoms with Crippen molar-refractivity contribution >= 4 is 27.5 Å². The first-order valence-electron chi connectivity index (χ1n) is 10.7. The normalized spacial score (nSPS) is 13.5. The number of aryl methyl sites for hydroxylation is 2. The lowest BCUT2D eigenvalue weighted by Crippen LogP contribution is -2.24. The molecule has 0 aliphatic carbocycles. The molecule has 1 aliphatic heterocycles. The van der Waals surface area contributed by atoms with Crippen molar-refractivity contribution in [2.24, 2.45) is 0 Å². The predicted octanol–water partition coefficient (Wildman–Crippen LogP) is 3.91. The smallest absolute Gasteiger partial charge is 0.349 e. The Kier molecular flexibility index (Phi) is 5.67. The van der Waals surface area contributed by atoms with Crippen molar-refractivity contribution in [1.29, 1.82) is 0 Å². The number of hydrogen-bond acceptors (Lipinski definition) is 9. The molecule has 4 heterocycles. The molecule has 4 aromatic rings. The molecule has 0 fully saturated rings. The second-order valence-corrected chi connectivity index (χ2v) is 8.84. The third-order valence-electron chi connectivity index (χ3n) is 5.73. The van der Waals surface area contributed by atoms with Crippen LogP contribution in [0.3, 0.4) is 0 Å². The molecule has 3 aromatic heterocycles. The lowest BCUT2D eigenvalue weighted by atomic mass is 10.2. The third-order valence-corrected chi connectivity index (χ3v) is 6.89. The van der Waals surface area contributed by atoms with Gasteiger partial charge in [-0.15, -0.1) is 21.5 Å². The number of rotatable bonds is 5. The number of hydrogen-bond donors (Lipinski definition) is 0. The Morgan fingerprint density at radius 2 is 2.00 bits per heavy atom. The van der Waals surface area contributed by atoms with Crippen LogP contribution in [0.1, 0.15) is 46.2 Å².